The van der Waals surface area contributed by atoms with Gasteiger partial charge in [-0.05, 0) is 38.7 Å². The fourth-order valence-electron chi connectivity index (χ4n) is 2.81. The second kappa shape index (κ2) is 7.53. The van der Waals surface area contributed by atoms with Gasteiger partial charge in [-0.15, -0.1) is 11.3 Å². The van der Waals surface area contributed by atoms with Crippen molar-refractivity contribution in [2.24, 2.45) is 7.05 Å². The molecule has 24 heavy (non-hydrogen) atoms. The van der Waals surface area contributed by atoms with Crippen LogP contribution in [0.5, 0.6) is 0 Å². The van der Waals surface area contributed by atoms with Gasteiger partial charge in [0.2, 0.25) is 0 Å². The van der Waals surface area contributed by atoms with Crippen molar-refractivity contribution in [2.45, 2.75) is 48.2 Å². The number of hydrogen-bond acceptors (Lipinski definition) is 5. The lowest BCUT2D eigenvalue weighted by atomic mass is 9.95. The average Bonchev–Trinajstić information content (AvgIpc) is 2.97. The van der Waals surface area contributed by atoms with Gasteiger partial charge in [-0.3, -0.25) is 9.59 Å². The van der Waals surface area contributed by atoms with Crippen molar-refractivity contribution in [3.05, 3.63) is 45.3 Å². The summed E-state index contributed by atoms with van der Waals surface area (Å²) < 4.78 is 2.60. The number of thioether (sulfide) groups is 1. The second-order valence-electron chi connectivity index (χ2n) is 6.18. The van der Waals surface area contributed by atoms with Crippen molar-refractivity contribution in [3.63, 3.8) is 0 Å². The zero-order valence-corrected chi connectivity index (χ0v) is 15.5. The van der Waals surface area contributed by atoms with Gasteiger partial charge in [0, 0.05) is 47.2 Å². The summed E-state index contributed by atoms with van der Waals surface area (Å²) in [6.07, 6.45) is 5.72. The van der Waals surface area contributed by atoms with Crippen LogP contribution in [-0.2, 0) is 7.05 Å². The van der Waals surface area contributed by atoms with Gasteiger partial charge in [-0.25, -0.2) is 4.98 Å². The molecule has 0 radical (unpaired) electrons. The van der Waals surface area contributed by atoms with Gasteiger partial charge in [-0.2, -0.15) is 0 Å². The third kappa shape index (κ3) is 4.27. The largest absolute Gasteiger partial charge is 0.349 e. The second-order valence-corrected chi connectivity index (χ2v) is 8.59. The highest BCUT2D eigenvalue weighted by Gasteiger charge is 2.24. The molecule has 2 heterocycles. The summed E-state index contributed by atoms with van der Waals surface area (Å²) in [5, 5.41) is 5.72. The topological polar surface area (TPSA) is 64.0 Å². The van der Waals surface area contributed by atoms with Crippen LogP contribution in [0.3, 0.4) is 0 Å². The number of hydrogen-bond donors (Lipinski definition) is 1. The molecule has 0 atom stereocenters. The van der Waals surface area contributed by atoms with Crippen LogP contribution in [0.2, 0.25) is 0 Å². The van der Waals surface area contributed by atoms with Crippen molar-refractivity contribution in [1.29, 1.82) is 0 Å². The maximum atomic E-state index is 12.3. The van der Waals surface area contributed by atoms with Crippen LogP contribution in [0.1, 0.15) is 41.7 Å². The van der Waals surface area contributed by atoms with Gasteiger partial charge in [0.15, 0.2) is 0 Å². The third-order valence-electron chi connectivity index (χ3n) is 4.24. The highest BCUT2D eigenvalue weighted by atomic mass is 32.2. The Labute approximate surface area is 149 Å². The first-order chi connectivity index (χ1) is 11.5. The van der Waals surface area contributed by atoms with Crippen LogP contribution in [0, 0.1) is 6.92 Å². The van der Waals surface area contributed by atoms with Crippen LogP contribution in [0.15, 0.2) is 32.8 Å². The molecular weight excluding hydrogens is 342 g/mol. The summed E-state index contributed by atoms with van der Waals surface area (Å²) >= 11 is 3.56. The van der Waals surface area contributed by atoms with E-state index in [-0.39, 0.29) is 17.5 Å². The minimum Gasteiger partial charge on any atom is -0.349 e. The molecule has 2 aromatic rings. The standard InChI is InChI=1S/C17H21N3O2S2/c1-11-10-23-17(18-11)24-14-5-3-13(4-6-14)19-16(22)12-7-8-20(2)15(21)9-12/h7-10,13-14H,3-6H2,1-2H3,(H,19,22). The predicted molar refractivity (Wildman–Crippen MR) is 97.9 cm³/mol. The zero-order chi connectivity index (χ0) is 17.1. The summed E-state index contributed by atoms with van der Waals surface area (Å²) in [5.74, 6) is -0.153. The van der Waals surface area contributed by atoms with Gasteiger partial charge in [0.1, 0.15) is 4.34 Å². The molecule has 1 amide bonds. The van der Waals surface area contributed by atoms with Crippen molar-refractivity contribution >= 4 is 29.0 Å². The first-order valence-corrected chi connectivity index (χ1v) is 9.83. The van der Waals surface area contributed by atoms with Gasteiger partial charge < -0.3 is 9.88 Å². The van der Waals surface area contributed by atoms with E-state index in [1.54, 1.807) is 30.6 Å². The van der Waals surface area contributed by atoms with Gasteiger partial charge in [-0.1, -0.05) is 11.8 Å². The molecule has 0 bridgehead atoms. The van der Waals surface area contributed by atoms with Gasteiger partial charge in [0.25, 0.3) is 11.5 Å². The Morgan fingerprint density at radius 2 is 2.12 bits per heavy atom. The molecule has 7 heteroatoms. The Morgan fingerprint density at radius 3 is 2.75 bits per heavy atom. The molecule has 0 saturated heterocycles. The molecule has 5 nitrogen and oxygen atoms in total. The molecule has 1 aliphatic rings. The SMILES string of the molecule is Cc1csc(SC2CCC(NC(=O)c3ccn(C)c(=O)c3)CC2)n1. The number of carbonyl (C=O) groups is 1. The summed E-state index contributed by atoms with van der Waals surface area (Å²) in [6.45, 7) is 2.02. The fourth-order valence-corrected chi connectivity index (χ4v) is 5.10. The molecule has 0 aliphatic heterocycles. The lowest BCUT2D eigenvalue weighted by Gasteiger charge is -2.28. The van der Waals surface area contributed by atoms with E-state index in [9.17, 15) is 9.59 Å². The first kappa shape index (κ1) is 17.2. The van der Waals surface area contributed by atoms with E-state index in [1.807, 2.05) is 18.7 Å². The molecule has 2 aromatic heterocycles. The highest BCUT2D eigenvalue weighted by molar-refractivity contribution is 8.01. The quantitative estimate of drug-likeness (QED) is 0.907. The number of carbonyl (C=O) groups excluding carboxylic acids is 1. The zero-order valence-electron chi connectivity index (χ0n) is 13.8. The lowest BCUT2D eigenvalue weighted by molar-refractivity contribution is 0.0928. The van der Waals surface area contributed by atoms with Gasteiger partial charge in [0.05, 0.1) is 0 Å². The summed E-state index contributed by atoms with van der Waals surface area (Å²) in [4.78, 5) is 28.4. The molecule has 0 aromatic carbocycles. The highest BCUT2D eigenvalue weighted by Crippen LogP contribution is 2.35. The number of aromatic nitrogens is 2. The Kier molecular flexibility index (Phi) is 5.40. The number of aryl methyl sites for hydroxylation is 2. The summed E-state index contributed by atoms with van der Waals surface area (Å²) in [7, 11) is 1.67. The number of rotatable bonds is 4. The van der Waals surface area contributed by atoms with Crippen molar-refractivity contribution in [3.8, 4) is 0 Å². The normalized spacial score (nSPS) is 20.8. The minimum atomic E-state index is -0.165. The monoisotopic (exact) mass is 363 g/mol. The third-order valence-corrected chi connectivity index (χ3v) is 6.67. The van der Waals surface area contributed by atoms with E-state index >= 15 is 0 Å². The predicted octanol–water partition coefficient (Wildman–Crippen LogP) is 2.98. The Morgan fingerprint density at radius 1 is 1.38 bits per heavy atom. The van der Waals surface area contributed by atoms with E-state index in [0.29, 0.717) is 10.8 Å². The molecule has 128 valence electrons. The molecule has 1 fully saturated rings. The Bertz CT molecular complexity index is 776. The number of pyridine rings is 1. The van der Waals surface area contributed by atoms with Gasteiger partial charge >= 0.3 is 0 Å². The van der Waals surface area contributed by atoms with Crippen LogP contribution in [0.25, 0.3) is 0 Å². The smallest absolute Gasteiger partial charge is 0.251 e. The summed E-state index contributed by atoms with van der Waals surface area (Å²) in [6, 6.07) is 3.27. The number of amides is 1. The molecule has 1 N–H and O–H groups in total. The Balaban J connectivity index is 1.50. The fraction of sp³-hybridized carbons (Fsp3) is 0.471. The molecule has 1 saturated carbocycles. The maximum Gasteiger partial charge on any atom is 0.251 e. The number of thiazole rings is 1. The van der Waals surface area contributed by atoms with Crippen LogP contribution < -0.4 is 10.9 Å². The lowest BCUT2D eigenvalue weighted by Crippen LogP contribution is -2.38. The number of nitrogens with zero attached hydrogens (tertiary/aromatic N) is 2. The van der Waals surface area contributed by atoms with Crippen LogP contribution >= 0.6 is 23.1 Å². The minimum absolute atomic E-state index is 0.153. The maximum absolute atomic E-state index is 12.3. The number of nitrogens with one attached hydrogen (secondary N) is 1. The molecule has 0 spiro atoms. The van der Waals surface area contributed by atoms with Crippen LogP contribution in [0.4, 0.5) is 0 Å². The molecule has 3 rings (SSSR count). The molecular formula is C17H21N3O2S2. The Hall–Kier alpha value is -1.60. The first-order valence-electron chi connectivity index (χ1n) is 8.07. The average molecular weight is 364 g/mol. The van der Waals surface area contributed by atoms with Crippen molar-refractivity contribution < 1.29 is 4.79 Å². The summed E-state index contributed by atoms with van der Waals surface area (Å²) in [5.41, 5.74) is 1.35. The van der Waals surface area contributed by atoms with E-state index in [4.69, 9.17) is 0 Å². The molecule has 1 aliphatic carbocycles. The molecule has 0 unspecified atom stereocenters. The van der Waals surface area contributed by atoms with E-state index in [2.05, 4.69) is 15.7 Å². The van der Waals surface area contributed by atoms with E-state index in [1.165, 1.54) is 10.6 Å². The van der Waals surface area contributed by atoms with Crippen molar-refractivity contribution in [2.75, 3.05) is 0 Å². The van der Waals surface area contributed by atoms with Crippen LogP contribution in [-0.4, -0.2) is 26.8 Å². The van der Waals surface area contributed by atoms with E-state index < -0.39 is 0 Å². The van der Waals surface area contributed by atoms with E-state index in [0.717, 1.165) is 35.7 Å². The van der Waals surface area contributed by atoms with Crippen molar-refractivity contribution in [1.82, 2.24) is 14.9 Å².